The molecule has 25 heavy (non-hydrogen) atoms. The number of aryl methyl sites for hydroxylation is 1. The minimum absolute atomic E-state index is 0.547. The van der Waals surface area contributed by atoms with Crippen molar-refractivity contribution in [3.05, 3.63) is 58.1 Å². The van der Waals surface area contributed by atoms with Crippen LogP contribution in [-0.2, 0) is 9.59 Å². The van der Waals surface area contributed by atoms with Crippen LogP contribution < -0.4 is 15.5 Å². The average molecular weight is 404 g/mol. The molecule has 0 aromatic heterocycles. The Morgan fingerprint density at radius 3 is 2.36 bits per heavy atom. The summed E-state index contributed by atoms with van der Waals surface area (Å²) >= 11 is 3.39. The van der Waals surface area contributed by atoms with Crippen LogP contribution in [0.3, 0.4) is 0 Å². The Morgan fingerprint density at radius 1 is 1.08 bits per heavy atom. The number of amides is 2. The Labute approximate surface area is 154 Å². The van der Waals surface area contributed by atoms with Gasteiger partial charge in [0.2, 0.25) is 0 Å². The molecule has 2 amide bonds. The molecule has 0 atom stereocenters. The molecule has 0 saturated carbocycles. The lowest BCUT2D eigenvalue weighted by Gasteiger charge is -2.07. The van der Waals surface area contributed by atoms with Gasteiger partial charge in [0.05, 0.1) is 17.3 Å². The highest BCUT2D eigenvalue weighted by Crippen LogP contribution is 2.25. The van der Waals surface area contributed by atoms with Crippen LogP contribution in [0.2, 0.25) is 0 Å². The van der Waals surface area contributed by atoms with Crippen LogP contribution in [-0.4, -0.2) is 24.6 Å². The van der Waals surface area contributed by atoms with Crippen molar-refractivity contribution in [3.8, 4) is 5.75 Å². The maximum absolute atomic E-state index is 11.9. The molecule has 0 aliphatic carbocycles. The quantitative estimate of drug-likeness (QED) is 0.467. The first-order valence-electron chi connectivity index (χ1n) is 7.47. The van der Waals surface area contributed by atoms with Gasteiger partial charge in [-0.1, -0.05) is 17.7 Å². The zero-order chi connectivity index (χ0) is 18.4. The highest BCUT2D eigenvalue weighted by molar-refractivity contribution is 9.10. The van der Waals surface area contributed by atoms with Crippen LogP contribution in [0.15, 0.2) is 52.0 Å². The van der Waals surface area contributed by atoms with E-state index in [9.17, 15) is 9.59 Å². The van der Waals surface area contributed by atoms with Crippen LogP contribution in [0.1, 0.15) is 18.1 Å². The summed E-state index contributed by atoms with van der Waals surface area (Å²) in [6, 6.07) is 12.5. The van der Waals surface area contributed by atoms with Crippen molar-refractivity contribution in [2.24, 2.45) is 5.10 Å². The number of hydrazone groups is 1. The van der Waals surface area contributed by atoms with Gasteiger partial charge in [-0.25, -0.2) is 5.43 Å². The van der Waals surface area contributed by atoms with Crippen LogP contribution >= 0.6 is 15.9 Å². The predicted octanol–water partition coefficient (Wildman–Crippen LogP) is 3.25. The topological polar surface area (TPSA) is 79.8 Å². The lowest BCUT2D eigenvalue weighted by molar-refractivity contribution is -0.136. The second kappa shape index (κ2) is 8.43. The molecule has 0 unspecified atom stereocenters. The predicted molar refractivity (Wildman–Crippen MR) is 101 cm³/mol. The van der Waals surface area contributed by atoms with E-state index in [-0.39, 0.29) is 0 Å². The van der Waals surface area contributed by atoms with Crippen molar-refractivity contribution < 1.29 is 14.3 Å². The number of rotatable bonds is 4. The highest BCUT2D eigenvalue weighted by atomic mass is 79.9. The zero-order valence-corrected chi connectivity index (χ0v) is 15.7. The molecule has 0 aliphatic rings. The third-order valence-electron chi connectivity index (χ3n) is 3.41. The van der Waals surface area contributed by atoms with Crippen molar-refractivity contribution in [2.75, 3.05) is 12.4 Å². The van der Waals surface area contributed by atoms with E-state index < -0.39 is 11.8 Å². The summed E-state index contributed by atoms with van der Waals surface area (Å²) in [5, 5.41) is 6.47. The highest BCUT2D eigenvalue weighted by Gasteiger charge is 2.13. The largest absolute Gasteiger partial charge is 0.496 e. The van der Waals surface area contributed by atoms with Crippen LogP contribution in [0.5, 0.6) is 5.75 Å². The van der Waals surface area contributed by atoms with Crippen LogP contribution in [0, 0.1) is 6.92 Å². The molecule has 0 heterocycles. The SMILES string of the molecule is COc1ccc(/C(C)=N\NC(=O)C(=O)Nc2ccc(C)cc2)cc1Br. The fourth-order valence-corrected chi connectivity index (χ4v) is 2.51. The molecule has 0 aliphatic heterocycles. The number of halogens is 1. The minimum Gasteiger partial charge on any atom is -0.496 e. The van der Waals surface area contributed by atoms with Crippen molar-refractivity contribution in [3.63, 3.8) is 0 Å². The molecular weight excluding hydrogens is 386 g/mol. The fourth-order valence-electron chi connectivity index (χ4n) is 1.97. The van der Waals surface area contributed by atoms with Gasteiger partial charge in [0, 0.05) is 5.69 Å². The first kappa shape index (κ1) is 18.7. The van der Waals surface area contributed by atoms with Crippen molar-refractivity contribution in [1.82, 2.24) is 5.43 Å². The van der Waals surface area contributed by atoms with E-state index >= 15 is 0 Å². The van der Waals surface area contributed by atoms with E-state index in [0.717, 1.165) is 15.6 Å². The average Bonchev–Trinajstić information content (AvgIpc) is 2.61. The standard InChI is InChI=1S/C18H18BrN3O3/c1-11-4-7-14(8-5-11)20-17(23)18(24)22-21-12(2)13-6-9-16(25-3)15(19)10-13/h4-10H,1-3H3,(H,20,23)(H,22,24)/b21-12-. The smallest absolute Gasteiger partial charge is 0.329 e. The van der Waals surface area contributed by atoms with Gasteiger partial charge in [0.25, 0.3) is 0 Å². The molecule has 7 heteroatoms. The van der Waals surface area contributed by atoms with Crippen molar-refractivity contribution >= 4 is 39.1 Å². The third kappa shape index (κ3) is 5.15. The third-order valence-corrected chi connectivity index (χ3v) is 4.03. The molecule has 0 saturated heterocycles. The molecule has 2 aromatic carbocycles. The summed E-state index contributed by atoms with van der Waals surface area (Å²) < 4.78 is 5.93. The van der Waals surface area contributed by atoms with E-state index in [0.29, 0.717) is 17.1 Å². The normalized spacial score (nSPS) is 11.0. The number of anilines is 1. The van der Waals surface area contributed by atoms with Gasteiger partial charge in [-0.05, 0) is 65.7 Å². The first-order valence-corrected chi connectivity index (χ1v) is 8.26. The second-order valence-electron chi connectivity index (χ2n) is 5.31. The lowest BCUT2D eigenvalue weighted by Crippen LogP contribution is -2.32. The molecule has 2 rings (SSSR count). The van der Waals surface area contributed by atoms with Crippen molar-refractivity contribution in [1.29, 1.82) is 0 Å². The molecule has 0 radical (unpaired) electrons. The summed E-state index contributed by atoms with van der Waals surface area (Å²) in [7, 11) is 1.58. The number of carbonyl (C=O) groups excluding carboxylic acids is 2. The number of hydrogen-bond acceptors (Lipinski definition) is 4. The molecule has 0 spiro atoms. The fraction of sp³-hybridized carbons (Fsp3) is 0.167. The van der Waals surface area contributed by atoms with E-state index in [1.54, 1.807) is 38.3 Å². The van der Waals surface area contributed by atoms with Crippen molar-refractivity contribution in [2.45, 2.75) is 13.8 Å². The van der Waals surface area contributed by atoms with Gasteiger partial charge < -0.3 is 10.1 Å². The Balaban J connectivity index is 1.99. The maximum atomic E-state index is 11.9. The Morgan fingerprint density at radius 2 is 1.76 bits per heavy atom. The summed E-state index contributed by atoms with van der Waals surface area (Å²) in [6.45, 7) is 3.67. The number of carbonyl (C=O) groups is 2. The molecule has 0 bridgehead atoms. The van der Waals surface area contributed by atoms with E-state index in [2.05, 4.69) is 31.8 Å². The number of benzene rings is 2. The lowest BCUT2D eigenvalue weighted by atomic mass is 10.1. The van der Waals surface area contributed by atoms with Gasteiger partial charge in [-0.3, -0.25) is 9.59 Å². The van der Waals surface area contributed by atoms with Gasteiger partial charge in [0.15, 0.2) is 0 Å². The number of nitrogens with zero attached hydrogens (tertiary/aromatic N) is 1. The summed E-state index contributed by atoms with van der Waals surface area (Å²) in [5.74, 6) is -0.929. The molecule has 2 N–H and O–H groups in total. The van der Waals surface area contributed by atoms with E-state index in [1.807, 2.05) is 25.1 Å². The van der Waals surface area contributed by atoms with Gasteiger partial charge >= 0.3 is 11.8 Å². The number of methoxy groups -OCH3 is 1. The van der Waals surface area contributed by atoms with E-state index in [1.165, 1.54) is 0 Å². The van der Waals surface area contributed by atoms with Gasteiger partial charge in [-0.15, -0.1) is 0 Å². The first-order chi connectivity index (χ1) is 11.9. The molecular formula is C18H18BrN3O3. The Hall–Kier alpha value is -2.67. The molecule has 2 aromatic rings. The number of hydrogen-bond donors (Lipinski definition) is 2. The summed E-state index contributed by atoms with van der Waals surface area (Å²) in [6.07, 6.45) is 0. The molecule has 0 fully saturated rings. The summed E-state index contributed by atoms with van der Waals surface area (Å²) in [4.78, 5) is 23.7. The Bertz CT molecular complexity index is 817. The van der Waals surface area contributed by atoms with E-state index in [4.69, 9.17) is 4.74 Å². The van der Waals surface area contributed by atoms with Gasteiger partial charge in [-0.2, -0.15) is 5.10 Å². The second-order valence-corrected chi connectivity index (χ2v) is 6.16. The Kier molecular flexibility index (Phi) is 6.30. The monoisotopic (exact) mass is 403 g/mol. The van der Waals surface area contributed by atoms with Crippen LogP contribution in [0.25, 0.3) is 0 Å². The zero-order valence-electron chi connectivity index (χ0n) is 14.1. The van der Waals surface area contributed by atoms with Gasteiger partial charge in [0.1, 0.15) is 5.75 Å². The maximum Gasteiger partial charge on any atom is 0.329 e. The van der Waals surface area contributed by atoms with Crippen LogP contribution in [0.4, 0.5) is 5.69 Å². The molecule has 6 nitrogen and oxygen atoms in total. The molecule has 130 valence electrons. The number of nitrogens with one attached hydrogen (secondary N) is 2. The number of ether oxygens (including phenoxy) is 1. The minimum atomic E-state index is -0.840. The summed E-state index contributed by atoms with van der Waals surface area (Å²) in [5.41, 5.74) is 5.20.